The molecule has 4 aromatic rings. The fourth-order valence-corrected chi connectivity index (χ4v) is 5.98. The van der Waals surface area contributed by atoms with E-state index in [9.17, 15) is 9.59 Å². The second-order valence-corrected chi connectivity index (χ2v) is 11.0. The highest BCUT2D eigenvalue weighted by Gasteiger charge is 2.44. The molecule has 0 bridgehead atoms. The average molecular weight is 560 g/mol. The van der Waals surface area contributed by atoms with Gasteiger partial charge in [0.25, 0.3) is 5.92 Å². The zero-order chi connectivity index (χ0) is 29.1. The number of nitrogens with zero attached hydrogens (tertiary/aromatic N) is 2. The number of nitrogens with one attached hydrogen (secondary N) is 2. The fraction of sp³-hybridized carbons (Fsp3) is 0.323. The third-order valence-corrected chi connectivity index (χ3v) is 8.11. The molecule has 2 aliphatic rings. The van der Waals surface area contributed by atoms with Crippen molar-refractivity contribution in [1.29, 1.82) is 0 Å². The van der Waals surface area contributed by atoms with E-state index in [2.05, 4.69) is 10.3 Å². The number of benzene rings is 3. The number of ether oxygens (including phenoxy) is 1. The van der Waals surface area contributed by atoms with Crippen LogP contribution < -0.4 is 11.1 Å². The van der Waals surface area contributed by atoms with Crippen LogP contribution in [0.25, 0.3) is 33.3 Å². The Morgan fingerprint density at radius 2 is 1.76 bits per heavy atom. The molecule has 0 radical (unpaired) electrons. The second-order valence-electron chi connectivity index (χ2n) is 11.0. The number of halogens is 2. The first kappa shape index (κ1) is 26.7. The van der Waals surface area contributed by atoms with Gasteiger partial charge < -0.3 is 25.7 Å². The van der Waals surface area contributed by atoms with Crippen LogP contribution in [0.3, 0.4) is 0 Å². The Labute approximate surface area is 235 Å². The number of alkyl carbamates (subject to hydrolysis) is 1. The van der Waals surface area contributed by atoms with Gasteiger partial charge in [-0.3, -0.25) is 4.79 Å². The van der Waals surface area contributed by atoms with Gasteiger partial charge in [-0.25, -0.2) is 9.78 Å². The molecular formula is C31H31F2N5O3. The molecular weight excluding hydrogens is 528 g/mol. The molecule has 4 N–H and O–H groups in total. The lowest BCUT2D eigenvalue weighted by molar-refractivity contribution is -0.135. The van der Waals surface area contributed by atoms with E-state index in [-0.39, 0.29) is 29.0 Å². The number of fused-ring (bicyclic) bond motifs is 4. The maximum atomic E-state index is 15.4. The van der Waals surface area contributed by atoms with Gasteiger partial charge in [0.1, 0.15) is 11.9 Å². The van der Waals surface area contributed by atoms with E-state index in [1.165, 1.54) is 13.2 Å². The summed E-state index contributed by atoms with van der Waals surface area (Å²) in [6.07, 6.45) is 0.882. The number of hydrogen-bond acceptors (Lipinski definition) is 5. The SMILES string of the molecule is COC(=O)N[C@H](C(=O)N1CCC[C@H]1c1nc2ccc(-c3ccc4c(c3)C(F)(F)c3cc(N)ccc3-4)cc2[nH]1)C(C)C. The summed E-state index contributed by atoms with van der Waals surface area (Å²) in [7, 11) is 1.27. The van der Waals surface area contributed by atoms with E-state index in [0.29, 0.717) is 40.3 Å². The third-order valence-electron chi connectivity index (χ3n) is 8.11. The molecule has 212 valence electrons. The van der Waals surface area contributed by atoms with Gasteiger partial charge in [0, 0.05) is 23.4 Å². The van der Waals surface area contributed by atoms with Crippen LogP contribution in [0.2, 0.25) is 0 Å². The summed E-state index contributed by atoms with van der Waals surface area (Å²) in [5.74, 6) is -2.81. The minimum atomic E-state index is -3.14. The predicted molar refractivity (Wildman–Crippen MR) is 152 cm³/mol. The van der Waals surface area contributed by atoms with E-state index in [4.69, 9.17) is 15.5 Å². The Bertz CT molecular complexity index is 1680. The second kappa shape index (κ2) is 9.87. The minimum Gasteiger partial charge on any atom is -0.453 e. The zero-order valence-electron chi connectivity index (χ0n) is 23.0. The number of aromatic amines is 1. The predicted octanol–water partition coefficient (Wildman–Crippen LogP) is 5.98. The fourth-order valence-electron chi connectivity index (χ4n) is 5.98. The highest BCUT2D eigenvalue weighted by Crippen LogP contribution is 2.52. The number of nitrogen functional groups attached to an aromatic ring is 1. The number of nitrogens with two attached hydrogens (primary N) is 1. The largest absolute Gasteiger partial charge is 0.453 e. The Hall–Kier alpha value is -4.47. The van der Waals surface area contributed by atoms with Crippen molar-refractivity contribution in [2.75, 3.05) is 19.4 Å². The lowest BCUT2D eigenvalue weighted by Gasteiger charge is -2.29. The minimum absolute atomic E-state index is 0.0404. The molecule has 1 fully saturated rings. The number of methoxy groups -OCH3 is 1. The number of hydrogen-bond donors (Lipinski definition) is 3. The number of alkyl halides is 2. The number of aromatic nitrogens is 2. The average Bonchev–Trinajstić information content (AvgIpc) is 3.66. The van der Waals surface area contributed by atoms with Gasteiger partial charge in [-0.05, 0) is 71.3 Å². The summed E-state index contributed by atoms with van der Waals surface area (Å²) in [6, 6.07) is 14.4. The van der Waals surface area contributed by atoms with Gasteiger partial charge >= 0.3 is 6.09 Å². The molecule has 1 saturated heterocycles. The summed E-state index contributed by atoms with van der Waals surface area (Å²) in [5, 5.41) is 2.66. The smallest absolute Gasteiger partial charge is 0.407 e. The highest BCUT2D eigenvalue weighted by molar-refractivity contribution is 5.88. The molecule has 2 amide bonds. The lowest BCUT2D eigenvalue weighted by atomic mass is 9.98. The van der Waals surface area contributed by atoms with E-state index in [0.717, 1.165) is 23.9 Å². The van der Waals surface area contributed by atoms with Gasteiger partial charge in [-0.2, -0.15) is 8.78 Å². The number of amides is 2. The number of anilines is 1. The van der Waals surface area contributed by atoms with Crippen LogP contribution in [-0.4, -0.2) is 46.6 Å². The zero-order valence-corrected chi connectivity index (χ0v) is 23.0. The molecule has 1 aliphatic carbocycles. The van der Waals surface area contributed by atoms with Crippen LogP contribution in [0.4, 0.5) is 19.3 Å². The molecule has 0 unspecified atom stereocenters. The van der Waals surface area contributed by atoms with Crippen molar-refractivity contribution in [3.8, 4) is 22.3 Å². The molecule has 2 atom stereocenters. The van der Waals surface area contributed by atoms with Crippen molar-refractivity contribution in [2.24, 2.45) is 5.92 Å². The first-order valence-corrected chi connectivity index (χ1v) is 13.7. The Kier molecular flexibility index (Phi) is 6.43. The van der Waals surface area contributed by atoms with E-state index in [1.54, 1.807) is 29.2 Å². The van der Waals surface area contributed by atoms with E-state index in [1.807, 2.05) is 38.1 Å². The topological polar surface area (TPSA) is 113 Å². The molecule has 0 saturated carbocycles. The Morgan fingerprint density at radius 3 is 2.49 bits per heavy atom. The summed E-state index contributed by atoms with van der Waals surface area (Å²) in [4.78, 5) is 35.2. The summed E-state index contributed by atoms with van der Waals surface area (Å²) >= 11 is 0. The van der Waals surface area contributed by atoms with Crippen molar-refractivity contribution < 1.29 is 23.1 Å². The number of carbonyl (C=O) groups is 2. The standard InChI is InChI=1S/C31H31F2N5O3/c1-16(2)27(37-30(40)41-3)29(39)38-12-4-5-26(38)28-35-24-11-7-18(14-25(24)36-28)17-6-9-20-21-10-8-19(34)15-23(21)31(32,33)22(20)13-17/h6-11,13-16,26-27H,4-5,12,34H2,1-3H3,(H,35,36)(H,37,40)/t26-,27-/m0/s1. The molecule has 0 spiro atoms. The normalized spacial score (nSPS) is 17.9. The first-order chi connectivity index (χ1) is 19.6. The molecule has 41 heavy (non-hydrogen) atoms. The first-order valence-electron chi connectivity index (χ1n) is 13.7. The van der Waals surface area contributed by atoms with Crippen molar-refractivity contribution in [1.82, 2.24) is 20.2 Å². The Balaban J connectivity index is 1.30. The molecule has 1 aromatic heterocycles. The molecule has 1 aliphatic heterocycles. The summed E-state index contributed by atoms with van der Waals surface area (Å²) in [5.41, 5.74) is 9.88. The number of carbonyl (C=O) groups excluding carboxylic acids is 2. The van der Waals surface area contributed by atoms with E-state index < -0.39 is 18.1 Å². The van der Waals surface area contributed by atoms with Gasteiger partial charge in [0.15, 0.2) is 0 Å². The number of H-pyrrole nitrogens is 1. The van der Waals surface area contributed by atoms with Crippen molar-refractivity contribution in [2.45, 2.75) is 44.7 Å². The van der Waals surface area contributed by atoms with Crippen LogP contribution in [0.15, 0.2) is 54.6 Å². The van der Waals surface area contributed by atoms with Crippen LogP contribution in [0.1, 0.15) is 49.7 Å². The maximum absolute atomic E-state index is 15.4. The summed E-state index contributed by atoms with van der Waals surface area (Å²) in [6.45, 7) is 4.29. The van der Waals surface area contributed by atoms with Crippen LogP contribution in [0, 0.1) is 5.92 Å². The van der Waals surface area contributed by atoms with E-state index >= 15 is 8.78 Å². The molecule has 6 rings (SSSR count). The number of imidazole rings is 1. The van der Waals surface area contributed by atoms with Crippen LogP contribution in [-0.2, 0) is 15.5 Å². The molecule has 2 heterocycles. The molecule has 10 heteroatoms. The summed E-state index contributed by atoms with van der Waals surface area (Å²) < 4.78 is 35.5. The van der Waals surface area contributed by atoms with Crippen LogP contribution in [0.5, 0.6) is 0 Å². The van der Waals surface area contributed by atoms with Crippen molar-refractivity contribution >= 4 is 28.7 Å². The lowest BCUT2D eigenvalue weighted by Crippen LogP contribution is -2.51. The van der Waals surface area contributed by atoms with Crippen molar-refractivity contribution in [3.63, 3.8) is 0 Å². The quantitative estimate of drug-likeness (QED) is 0.261. The number of likely N-dealkylation sites (tertiary alicyclic amines) is 1. The monoisotopic (exact) mass is 559 g/mol. The highest BCUT2D eigenvalue weighted by atomic mass is 19.3. The third kappa shape index (κ3) is 4.47. The maximum Gasteiger partial charge on any atom is 0.407 e. The number of rotatable bonds is 5. The van der Waals surface area contributed by atoms with Gasteiger partial charge in [0.2, 0.25) is 5.91 Å². The van der Waals surface area contributed by atoms with Gasteiger partial charge in [-0.1, -0.05) is 38.1 Å². The molecule has 8 nitrogen and oxygen atoms in total. The van der Waals surface area contributed by atoms with Crippen LogP contribution >= 0.6 is 0 Å². The van der Waals surface area contributed by atoms with Gasteiger partial charge in [-0.15, -0.1) is 0 Å². The van der Waals surface area contributed by atoms with Crippen molar-refractivity contribution in [3.05, 3.63) is 71.5 Å². The van der Waals surface area contributed by atoms with Gasteiger partial charge in [0.05, 0.1) is 24.2 Å². The molecule has 3 aromatic carbocycles. The Morgan fingerprint density at radius 1 is 1.07 bits per heavy atom.